The van der Waals surface area contributed by atoms with Crippen LogP contribution in [0.2, 0.25) is 0 Å². The van der Waals surface area contributed by atoms with E-state index in [1.54, 1.807) is 6.92 Å². The molecule has 2 aliphatic rings. The van der Waals surface area contributed by atoms with Gasteiger partial charge in [0.05, 0.1) is 6.42 Å². The summed E-state index contributed by atoms with van der Waals surface area (Å²) in [6.07, 6.45) is 5.22. The van der Waals surface area contributed by atoms with Crippen LogP contribution < -0.4 is 10.6 Å². The number of carbonyl (C=O) groups excluding carboxylic acids is 2. The molecule has 1 saturated carbocycles. The van der Waals surface area contributed by atoms with Gasteiger partial charge in [-0.3, -0.25) is 9.59 Å². The van der Waals surface area contributed by atoms with Gasteiger partial charge in [-0.1, -0.05) is 80.6 Å². The molecule has 1 unspecified atom stereocenters. The van der Waals surface area contributed by atoms with E-state index in [-0.39, 0.29) is 24.9 Å². The Bertz CT molecular complexity index is 1020. The molecular formula is C28H34N2O5. The highest BCUT2D eigenvalue weighted by molar-refractivity contribution is 5.86. The number of nitrogens with one attached hydrogen (secondary N) is 2. The van der Waals surface area contributed by atoms with Gasteiger partial charge < -0.3 is 20.5 Å². The lowest BCUT2D eigenvalue weighted by molar-refractivity contribution is -0.137. The lowest BCUT2D eigenvalue weighted by atomic mass is 9.84. The number of hydrogen-bond acceptors (Lipinski definition) is 4. The molecule has 2 atom stereocenters. The minimum Gasteiger partial charge on any atom is -0.481 e. The summed E-state index contributed by atoms with van der Waals surface area (Å²) in [5, 5.41) is 14.5. The number of fused-ring (bicyclic) bond motifs is 3. The first-order valence-corrected chi connectivity index (χ1v) is 12.6. The molecule has 2 amide bonds. The SMILES string of the molecule is C[C@@H](CC(=O)O)NC(=O)C(CC1CCCCC1)NC(=O)OCC1c2ccccc2-c2ccccc21. The molecule has 0 aromatic heterocycles. The van der Waals surface area contributed by atoms with Crippen molar-refractivity contribution in [2.24, 2.45) is 5.92 Å². The molecule has 1 fully saturated rings. The highest BCUT2D eigenvalue weighted by atomic mass is 16.5. The second kappa shape index (κ2) is 11.4. The average molecular weight is 479 g/mol. The first-order valence-electron chi connectivity index (χ1n) is 12.6. The van der Waals surface area contributed by atoms with Crippen molar-refractivity contribution in [3.05, 3.63) is 59.7 Å². The van der Waals surface area contributed by atoms with E-state index in [0.29, 0.717) is 12.3 Å². The van der Waals surface area contributed by atoms with Crippen LogP contribution in [0, 0.1) is 5.92 Å². The van der Waals surface area contributed by atoms with Crippen LogP contribution in [0.4, 0.5) is 4.79 Å². The number of hydrogen-bond donors (Lipinski definition) is 3. The maximum absolute atomic E-state index is 13.0. The van der Waals surface area contributed by atoms with Crippen molar-refractivity contribution in [1.29, 1.82) is 0 Å². The summed E-state index contributed by atoms with van der Waals surface area (Å²) in [4.78, 5) is 36.8. The van der Waals surface area contributed by atoms with Crippen molar-refractivity contribution in [2.75, 3.05) is 6.61 Å². The third kappa shape index (κ3) is 6.21. The first kappa shape index (κ1) is 24.8. The molecule has 3 N–H and O–H groups in total. The van der Waals surface area contributed by atoms with Gasteiger partial charge in [0, 0.05) is 12.0 Å². The molecule has 4 rings (SSSR count). The Kier molecular flexibility index (Phi) is 8.06. The monoisotopic (exact) mass is 478 g/mol. The smallest absolute Gasteiger partial charge is 0.407 e. The summed E-state index contributed by atoms with van der Waals surface area (Å²) in [5.74, 6) is -1.05. The Morgan fingerprint density at radius 3 is 2.14 bits per heavy atom. The predicted molar refractivity (Wildman–Crippen MR) is 133 cm³/mol. The van der Waals surface area contributed by atoms with Crippen LogP contribution in [0.5, 0.6) is 0 Å². The highest BCUT2D eigenvalue weighted by Gasteiger charge is 2.31. The fourth-order valence-corrected chi connectivity index (χ4v) is 5.43. The van der Waals surface area contributed by atoms with E-state index in [9.17, 15) is 14.4 Å². The molecule has 2 aromatic rings. The number of carboxylic acid groups (broad SMARTS) is 1. The highest BCUT2D eigenvalue weighted by Crippen LogP contribution is 2.44. The summed E-state index contributed by atoms with van der Waals surface area (Å²) in [6.45, 7) is 1.82. The summed E-state index contributed by atoms with van der Waals surface area (Å²) < 4.78 is 5.65. The van der Waals surface area contributed by atoms with Crippen molar-refractivity contribution in [3.8, 4) is 11.1 Å². The van der Waals surface area contributed by atoms with Gasteiger partial charge in [-0.25, -0.2) is 4.79 Å². The maximum Gasteiger partial charge on any atom is 0.407 e. The quantitative estimate of drug-likeness (QED) is 0.478. The van der Waals surface area contributed by atoms with Crippen LogP contribution >= 0.6 is 0 Å². The van der Waals surface area contributed by atoms with Gasteiger partial charge in [0.15, 0.2) is 0 Å². The predicted octanol–water partition coefficient (Wildman–Crippen LogP) is 4.84. The van der Waals surface area contributed by atoms with Crippen molar-refractivity contribution < 1.29 is 24.2 Å². The van der Waals surface area contributed by atoms with Crippen LogP contribution in [-0.4, -0.2) is 41.8 Å². The maximum atomic E-state index is 13.0. The Morgan fingerprint density at radius 1 is 0.943 bits per heavy atom. The van der Waals surface area contributed by atoms with E-state index in [1.807, 2.05) is 24.3 Å². The zero-order valence-corrected chi connectivity index (χ0v) is 20.2. The molecule has 186 valence electrons. The number of carboxylic acids is 1. The minimum atomic E-state index is -0.980. The van der Waals surface area contributed by atoms with Crippen LogP contribution in [0.15, 0.2) is 48.5 Å². The molecule has 0 bridgehead atoms. The minimum absolute atomic E-state index is 0.0608. The second-order valence-electron chi connectivity index (χ2n) is 9.77. The van der Waals surface area contributed by atoms with Gasteiger partial charge in [-0.05, 0) is 41.5 Å². The van der Waals surface area contributed by atoms with Gasteiger partial charge in [-0.2, -0.15) is 0 Å². The van der Waals surface area contributed by atoms with E-state index in [2.05, 4.69) is 34.9 Å². The summed E-state index contributed by atoms with van der Waals surface area (Å²) in [5.41, 5.74) is 4.55. The summed E-state index contributed by atoms with van der Waals surface area (Å²) >= 11 is 0. The Labute approximate surface area is 206 Å². The van der Waals surface area contributed by atoms with Crippen molar-refractivity contribution in [2.45, 2.75) is 69.9 Å². The van der Waals surface area contributed by atoms with E-state index >= 15 is 0 Å². The lowest BCUT2D eigenvalue weighted by Gasteiger charge is -2.27. The fourth-order valence-electron chi connectivity index (χ4n) is 5.43. The van der Waals surface area contributed by atoms with Gasteiger partial charge >= 0.3 is 12.1 Å². The van der Waals surface area contributed by atoms with E-state index in [0.717, 1.165) is 47.9 Å². The molecule has 7 nitrogen and oxygen atoms in total. The lowest BCUT2D eigenvalue weighted by Crippen LogP contribution is -2.50. The number of aliphatic carboxylic acids is 1. The number of ether oxygens (including phenoxy) is 1. The van der Waals surface area contributed by atoms with Crippen molar-refractivity contribution >= 4 is 18.0 Å². The molecule has 0 aliphatic heterocycles. The fraction of sp³-hybridized carbons (Fsp3) is 0.464. The zero-order chi connectivity index (χ0) is 24.8. The van der Waals surface area contributed by atoms with Gasteiger partial charge in [0.1, 0.15) is 12.6 Å². The number of amides is 2. The number of rotatable bonds is 9. The summed E-state index contributed by atoms with van der Waals surface area (Å²) in [6, 6.07) is 15.0. The largest absolute Gasteiger partial charge is 0.481 e. The molecule has 7 heteroatoms. The van der Waals surface area contributed by atoms with E-state index in [1.165, 1.54) is 6.42 Å². The number of benzene rings is 2. The van der Waals surface area contributed by atoms with Crippen molar-refractivity contribution in [1.82, 2.24) is 10.6 Å². The third-order valence-electron chi connectivity index (χ3n) is 7.12. The topological polar surface area (TPSA) is 105 Å². The van der Waals surface area contributed by atoms with Crippen LogP contribution in [0.25, 0.3) is 11.1 Å². The standard InChI is InChI=1S/C28H34N2O5/c1-18(15-26(31)32)29-27(33)25(16-19-9-3-2-4-10-19)30-28(34)35-17-24-22-13-7-5-11-20(22)21-12-6-8-14-23(21)24/h5-8,11-14,18-19,24-25H,2-4,9-10,15-17H2,1H3,(H,29,33)(H,30,34)(H,31,32)/t18-,25?/m0/s1. The van der Waals surface area contributed by atoms with Gasteiger partial charge in [-0.15, -0.1) is 0 Å². The molecule has 2 aliphatic carbocycles. The molecule has 0 spiro atoms. The van der Waals surface area contributed by atoms with Gasteiger partial charge in [0.2, 0.25) is 5.91 Å². The molecule has 0 saturated heterocycles. The molecular weight excluding hydrogens is 444 g/mol. The third-order valence-corrected chi connectivity index (χ3v) is 7.12. The average Bonchev–Trinajstić information content (AvgIpc) is 3.16. The van der Waals surface area contributed by atoms with Gasteiger partial charge in [0.25, 0.3) is 0 Å². The Balaban J connectivity index is 1.41. The molecule has 2 aromatic carbocycles. The Hall–Kier alpha value is -3.35. The molecule has 35 heavy (non-hydrogen) atoms. The van der Waals surface area contributed by atoms with Crippen molar-refractivity contribution in [3.63, 3.8) is 0 Å². The van der Waals surface area contributed by atoms with E-state index < -0.39 is 24.1 Å². The normalized spacial score (nSPS) is 17.1. The van der Waals surface area contributed by atoms with Crippen LogP contribution in [0.3, 0.4) is 0 Å². The Morgan fingerprint density at radius 2 is 1.54 bits per heavy atom. The van der Waals surface area contributed by atoms with Crippen LogP contribution in [-0.2, 0) is 14.3 Å². The van der Waals surface area contributed by atoms with E-state index in [4.69, 9.17) is 9.84 Å². The summed E-state index contributed by atoms with van der Waals surface area (Å²) in [7, 11) is 0. The number of carbonyl (C=O) groups is 3. The number of alkyl carbamates (subject to hydrolysis) is 1. The van der Waals surface area contributed by atoms with Crippen LogP contribution in [0.1, 0.15) is 68.9 Å². The second-order valence-corrected chi connectivity index (χ2v) is 9.77. The first-order chi connectivity index (χ1) is 16.9. The molecule has 0 radical (unpaired) electrons. The molecule has 0 heterocycles. The zero-order valence-electron chi connectivity index (χ0n) is 20.2.